The first-order chi connectivity index (χ1) is 13.7. The maximum atomic E-state index is 11.7. The van der Waals surface area contributed by atoms with Crippen molar-refractivity contribution in [1.82, 2.24) is 19.6 Å². The second-order valence-electron chi connectivity index (χ2n) is 6.64. The number of aliphatic hydroxyl groups is 1. The molecule has 8 nitrogen and oxygen atoms in total. The van der Waals surface area contributed by atoms with Gasteiger partial charge >= 0.3 is 0 Å². The summed E-state index contributed by atoms with van der Waals surface area (Å²) >= 11 is 12.4. The first-order valence-corrected chi connectivity index (χ1v) is 9.47. The van der Waals surface area contributed by atoms with Gasteiger partial charge in [-0.15, -0.1) is 0 Å². The van der Waals surface area contributed by atoms with Gasteiger partial charge in [0.15, 0.2) is 0 Å². The predicted molar refractivity (Wildman–Crippen MR) is 108 cm³/mol. The molecule has 1 aromatic carbocycles. The fourth-order valence-electron chi connectivity index (χ4n) is 2.92. The van der Waals surface area contributed by atoms with Crippen LogP contribution in [0.1, 0.15) is 47.7 Å². The Morgan fingerprint density at radius 2 is 2.00 bits per heavy atom. The maximum absolute atomic E-state index is 11.7. The van der Waals surface area contributed by atoms with E-state index in [2.05, 4.69) is 10.2 Å². The van der Waals surface area contributed by atoms with Gasteiger partial charge in [-0.2, -0.15) is 15.5 Å². The summed E-state index contributed by atoms with van der Waals surface area (Å²) in [5.41, 5.74) is 7.56. The van der Waals surface area contributed by atoms with Crippen LogP contribution in [0, 0.1) is 11.3 Å². The molecule has 2 atom stereocenters. The highest BCUT2D eigenvalue weighted by Crippen LogP contribution is 2.30. The lowest BCUT2D eigenvalue weighted by molar-refractivity contribution is 0.0987. The summed E-state index contributed by atoms with van der Waals surface area (Å²) in [6.07, 6.45) is 0.830. The molecule has 2 aromatic heterocycles. The van der Waals surface area contributed by atoms with E-state index in [0.29, 0.717) is 39.1 Å². The highest BCUT2D eigenvalue weighted by molar-refractivity contribution is 6.33. The van der Waals surface area contributed by atoms with Crippen molar-refractivity contribution < 1.29 is 9.90 Å². The van der Waals surface area contributed by atoms with Crippen LogP contribution in [0.25, 0.3) is 11.3 Å². The topological polar surface area (TPSA) is 123 Å². The Hall–Kier alpha value is -2.86. The van der Waals surface area contributed by atoms with Crippen LogP contribution in [0.5, 0.6) is 0 Å². The molecule has 3 rings (SSSR count). The molecule has 1 amide bonds. The molecule has 150 valence electrons. The van der Waals surface area contributed by atoms with Gasteiger partial charge in [-0.05, 0) is 32.0 Å². The van der Waals surface area contributed by atoms with E-state index in [4.69, 9.17) is 34.2 Å². The van der Waals surface area contributed by atoms with Crippen molar-refractivity contribution in [2.45, 2.75) is 32.5 Å². The molecule has 0 saturated heterocycles. The van der Waals surface area contributed by atoms with Crippen LogP contribution in [0.4, 0.5) is 0 Å². The maximum Gasteiger partial charge on any atom is 0.267 e. The van der Waals surface area contributed by atoms with Crippen LogP contribution < -0.4 is 5.73 Å². The molecule has 2 heterocycles. The minimum absolute atomic E-state index is 0.200. The van der Waals surface area contributed by atoms with Crippen LogP contribution >= 0.6 is 23.2 Å². The van der Waals surface area contributed by atoms with E-state index in [1.54, 1.807) is 36.0 Å². The average molecular weight is 433 g/mol. The third-order valence-corrected chi connectivity index (χ3v) is 4.97. The molecule has 10 heteroatoms. The number of nitrogens with zero attached hydrogens (tertiary/aromatic N) is 5. The monoisotopic (exact) mass is 432 g/mol. The number of nitriles is 1. The molecular formula is C19H18Cl2N6O2. The molecule has 0 fully saturated rings. The Morgan fingerprint density at radius 3 is 2.59 bits per heavy atom. The highest BCUT2D eigenvalue weighted by Gasteiger charge is 2.20. The van der Waals surface area contributed by atoms with Crippen molar-refractivity contribution in [3.05, 3.63) is 57.5 Å². The molecule has 0 bridgehead atoms. The Labute approximate surface area is 177 Å². The zero-order chi connectivity index (χ0) is 21.3. The standard InChI is InChI=1S/C19H18Cl2N6O2/c1-10(27-17(19(23)29)6-16(24-27)11(2)28)8-26-9-15(21)18(25-26)12-3-4-13(7-22)14(20)5-12/h3-6,9-11,28H,8H2,1-2H3,(H2,23,29)/t10-,11?/m0/s1. The number of hydrogen-bond donors (Lipinski definition) is 2. The zero-order valence-electron chi connectivity index (χ0n) is 15.7. The SMILES string of the molecule is CC(O)c1cc(C(N)=O)n([C@@H](C)Cn2cc(Cl)c(-c3ccc(C#N)c(Cl)c3)n2)n1. The normalized spacial score (nSPS) is 13.1. The van der Waals surface area contributed by atoms with Crippen LogP contribution in [0.3, 0.4) is 0 Å². The van der Waals surface area contributed by atoms with Gasteiger partial charge in [-0.25, -0.2) is 0 Å². The second kappa shape index (κ2) is 8.25. The molecule has 3 N–H and O–H groups in total. The molecule has 0 spiro atoms. The number of aromatic nitrogens is 4. The first-order valence-electron chi connectivity index (χ1n) is 8.71. The summed E-state index contributed by atoms with van der Waals surface area (Å²) in [4.78, 5) is 11.7. The van der Waals surface area contributed by atoms with Crippen molar-refractivity contribution >= 4 is 29.1 Å². The quantitative estimate of drug-likeness (QED) is 0.617. The molecular weight excluding hydrogens is 415 g/mol. The lowest BCUT2D eigenvalue weighted by Gasteiger charge is -2.14. The van der Waals surface area contributed by atoms with E-state index < -0.39 is 12.0 Å². The molecule has 1 unspecified atom stereocenters. The van der Waals surface area contributed by atoms with Crippen molar-refractivity contribution in [3.63, 3.8) is 0 Å². The van der Waals surface area contributed by atoms with Crippen LogP contribution in [0.2, 0.25) is 10.0 Å². The van der Waals surface area contributed by atoms with Gasteiger partial charge in [0.05, 0.1) is 40.0 Å². The van der Waals surface area contributed by atoms with Crippen LogP contribution in [0.15, 0.2) is 30.5 Å². The average Bonchev–Trinajstić information content (AvgIpc) is 3.26. The number of halogens is 2. The lowest BCUT2D eigenvalue weighted by atomic mass is 10.1. The van der Waals surface area contributed by atoms with Gasteiger partial charge in [-0.1, -0.05) is 29.3 Å². The summed E-state index contributed by atoms with van der Waals surface area (Å²) in [6, 6.07) is 8.15. The molecule has 0 radical (unpaired) electrons. The molecule has 0 saturated carbocycles. The Kier molecular flexibility index (Phi) is 5.94. The van der Waals surface area contributed by atoms with E-state index in [0.717, 1.165) is 0 Å². The molecule has 29 heavy (non-hydrogen) atoms. The van der Waals surface area contributed by atoms with Crippen molar-refractivity contribution in [1.29, 1.82) is 5.26 Å². The van der Waals surface area contributed by atoms with Crippen LogP contribution in [-0.2, 0) is 6.54 Å². The number of carbonyl (C=O) groups is 1. The van der Waals surface area contributed by atoms with E-state index in [1.807, 2.05) is 13.0 Å². The number of benzene rings is 1. The fraction of sp³-hybridized carbons (Fsp3) is 0.263. The van der Waals surface area contributed by atoms with Crippen LogP contribution in [-0.4, -0.2) is 30.6 Å². The number of nitrogens with two attached hydrogens (primary N) is 1. The van der Waals surface area contributed by atoms with Crippen molar-refractivity contribution in [2.75, 3.05) is 0 Å². The molecule has 0 aliphatic carbocycles. The summed E-state index contributed by atoms with van der Waals surface area (Å²) in [6.45, 7) is 3.76. The van der Waals surface area contributed by atoms with E-state index in [9.17, 15) is 9.90 Å². The van der Waals surface area contributed by atoms with Gasteiger partial charge in [0.25, 0.3) is 5.91 Å². The molecule has 0 aliphatic heterocycles. The predicted octanol–water partition coefficient (Wildman–Crippen LogP) is 3.34. The summed E-state index contributed by atoms with van der Waals surface area (Å²) < 4.78 is 3.10. The van der Waals surface area contributed by atoms with Gasteiger partial charge in [0, 0.05) is 11.8 Å². The summed E-state index contributed by atoms with van der Waals surface area (Å²) in [5, 5.41) is 28.3. The number of amides is 1. The highest BCUT2D eigenvalue weighted by atomic mass is 35.5. The second-order valence-corrected chi connectivity index (χ2v) is 7.46. The summed E-state index contributed by atoms with van der Waals surface area (Å²) in [7, 11) is 0. The van der Waals surface area contributed by atoms with Crippen molar-refractivity contribution in [2.24, 2.45) is 5.73 Å². The van der Waals surface area contributed by atoms with Crippen molar-refractivity contribution in [3.8, 4) is 17.3 Å². The first kappa shape index (κ1) is 20.9. The lowest BCUT2D eigenvalue weighted by Crippen LogP contribution is -2.22. The fourth-order valence-corrected chi connectivity index (χ4v) is 3.41. The number of aliphatic hydroxyl groups excluding tert-OH is 1. The van der Waals surface area contributed by atoms with Gasteiger partial charge in [-0.3, -0.25) is 14.2 Å². The third-order valence-electron chi connectivity index (χ3n) is 4.38. The Balaban J connectivity index is 1.89. The number of primary amides is 1. The number of rotatable bonds is 6. The Morgan fingerprint density at radius 1 is 1.28 bits per heavy atom. The smallest absolute Gasteiger partial charge is 0.267 e. The zero-order valence-corrected chi connectivity index (χ0v) is 17.2. The Bertz CT molecular complexity index is 1110. The van der Waals surface area contributed by atoms with Gasteiger partial charge in [0.2, 0.25) is 0 Å². The minimum Gasteiger partial charge on any atom is -0.387 e. The molecule has 3 aromatic rings. The number of hydrogen-bond acceptors (Lipinski definition) is 5. The van der Waals surface area contributed by atoms with E-state index in [-0.39, 0.29) is 11.7 Å². The van der Waals surface area contributed by atoms with E-state index >= 15 is 0 Å². The molecule has 0 aliphatic rings. The summed E-state index contributed by atoms with van der Waals surface area (Å²) in [5.74, 6) is -0.636. The largest absolute Gasteiger partial charge is 0.387 e. The minimum atomic E-state index is -0.826. The van der Waals surface area contributed by atoms with E-state index in [1.165, 1.54) is 10.7 Å². The van der Waals surface area contributed by atoms with Gasteiger partial charge in [0.1, 0.15) is 17.5 Å². The van der Waals surface area contributed by atoms with Gasteiger partial charge < -0.3 is 10.8 Å². The third kappa shape index (κ3) is 4.27. The number of carbonyl (C=O) groups excluding carboxylic acids is 1.